The predicted octanol–water partition coefficient (Wildman–Crippen LogP) is 1.24. The summed E-state index contributed by atoms with van der Waals surface area (Å²) in [5.41, 5.74) is 6.04. The largest absolute Gasteiger partial charge is 0.461 e. The number of nitrogens with two attached hydrogens (primary N) is 1. The van der Waals surface area contributed by atoms with Crippen LogP contribution >= 0.6 is 0 Å². The maximum Gasteiger partial charge on any atom is 0.268 e. The molecule has 2 heterocycles. The molecule has 66 valence electrons. The number of amides is 1. The van der Waals surface area contributed by atoms with Gasteiger partial charge in [0.05, 0.1) is 5.39 Å². The number of furan rings is 1. The number of nitrogens with zero attached hydrogens (tertiary/aromatic N) is 1. The number of pyridine rings is 1. The molecule has 0 aliphatic rings. The van der Waals surface area contributed by atoms with Gasteiger partial charge in [-0.3, -0.25) is 9.78 Å². The van der Waals surface area contributed by atoms with E-state index in [4.69, 9.17) is 10.2 Å². The summed E-state index contributed by atoms with van der Waals surface area (Å²) in [4.78, 5) is 14.8. The van der Waals surface area contributed by atoms with Crippen LogP contribution in [0.4, 0.5) is 0 Å². The fourth-order valence-electron chi connectivity index (χ4n) is 1.29. The van der Waals surface area contributed by atoms with Gasteiger partial charge >= 0.3 is 0 Å². The van der Waals surface area contributed by atoms with Crippen molar-refractivity contribution in [1.29, 1.82) is 0 Å². The Morgan fingerprint density at radius 3 is 3.08 bits per heavy atom. The first-order valence-corrected chi connectivity index (χ1v) is 3.83. The molecule has 0 radical (unpaired) electrons. The quantitative estimate of drug-likeness (QED) is 0.710. The SMILES string of the molecule is Cc1cc2c(C(N)=O)nccc2o1. The summed E-state index contributed by atoms with van der Waals surface area (Å²) < 4.78 is 5.31. The van der Waals surface area contributed by atoms with Crippen LogP contribution in [0, 0.1) is 6.92 Å². The molecule has 13 heavy (non-hydrogen) atoms. The lowest BCUT2D eigenvalue weighted by Gasteiger charge is -1.93. The fraction of sp³-hybridized carbons (Fsp3) is 0.111. The number of aromatic nitrogens is 1. The molecule has 0 saturated heterocycles. The second-order valence-corrected chi connectivity index (χ2v) is 2.79. The van der Waals surface area contributed by atoms with Crippen molar-refractivity contribution in [3.63, 3.8) is 0 Å². The third-order valence-electron chi connectivity index (χ3n) is 1.80. The van der Waals surface area contributed by atoms with Crippen LogP contribution in [0.5, 0.6) is 0 Å². The van der Waals surface area contributed by atoms with Crippen molar-refractivity contribution in [2.75, 3.05) is 0 Å². The van der Waals surface area contributed by atoms with Crippen LogP contribution in [0.3, 0.4) is 0 Å². The molecule has 4 heteroatoms. The van der Waals surface area contributed by atoms with Crippen molar-refractivity contribution in [2.24, 2.45) is 5.73 Å². The Bertz CT molecular complexity index is 473. The van der Waals surface area contributed by atoms with E-state index < -0.39 is 5.91 Å². The van der Waals surface area contributed by atoms with Crippen LogP contribution in [0.15, 0.2) is 22.7 Å². The van der Waals surface area contributed by atoms with E-state index in [-0.39, 0.29) is 5.69 Å². The van der Waals surface area contributed by atoms with Gasteiger partial charge in [-0.1, -0.05) is 0 Å². The molecule has 0 aliphatic carbocycles. The van der Waals surface area contributed by atoms with Crippen LogP contribution in [-0.2, 0) is 0 Å². The maximum atomic E-state index is 10.9. The Hall–Kier alpha value is -1.84. The molecule has 2 aromatic rings. The monoisotopic (exact) mass is 176 g/mol. The minimum absolute atomic E-state index is 0.259. The van der Waals surface area contributed by atoms with Crippen LogP contribution in [-0.4, -0.2) is 10.9 Å². The van der Waals surface area contributed by atoms with Gasteiger partial charge in [0.1, 0.15) is 17.0 Å². The molecule has 1 amide bonds. The zero-order valence-electron chi connectivity index (χ0n) is 7.07. The number of fused-ring (bicyclic) bond motifs is 1. The number of primary amides is 1. The lowest BCUT2D eigenvalue weighted by Crippen LogP contribution is -2.12. The Morgan fingerprint density at radius 2 is 2.38 bits per heavy atom. The van der Waals surface area contributed by atoms with E-state index in [2.05, 4.69) is 4.98 Å². The van der Waals surface area contributed by atoms with E-state index >= 15 is 0 Å². The summed E-state index contributed by atoms with van der Waals surface area (Å²) in [6.45, 7) is 1.81. The zero-order valence-corrected chi connectivity index (χ0v) is 7.07. The van der Waals surface area contributed by atoms with Gasteiger partial charge in [-0.15, -0.1) is 0 Å². The minimum atomic E-state index is -0.536. The molecule has 0 atom stereocenters. The van der Waals surface area contributed by atoms with E-state index in [1.807, 2.05) is 6.92 Å². The molecule has 0 bridgehead atoms. The Morgan fingerprint density at radius 1 is 1.62 bits per heavy atom. The van der Waals surface area contributed by atoms with Crippen molar-refractivity contribution >= 4 is 16.9 Å². The van der Waals surface area contributed by atoms with Gasteiger partial charge in [-0.05, 0) is 19.1 Å². The average Bonchev–Trinajstić information content (AvgIpc) is 2.43. The predicted molar refractivity (Wildman–Crippen MR) is 47.3 cm³/mol. The first kappa shape index (κ1) is 7.79. The number of hydrogen-bond acceptors (Lipinski definition) is 3. The third kappa shape index (κ3) is 1.16. The second-order valence-electron chi connectivity index (χ2n) is 2.79. The standard InChI is InChI=1S/C9H8N2O2/c1-5-4-6-7(13-5)2-3-11-8(6)9(10)12/h2-4H,1H3,(H2,10,12). The van der Waals surface area contributed by atoms with E-state index in [0.29, 0.717) is 11.0 Å². The molecule has 0 aliphatic heterocycles. The third-order valence-corrected chi connectivity index (χ3v) is 1.80. The summed E-state index contributed by atoms with van der Waals surface area (Å²) in [5, 5.41) is 0.674. The molecular formula is C9H8N2O2. The van der Waals surface area contributed by atoms with Gasteiger partial charge in [-0.25, -0.2) is 0 Å². The van der Waals surface area contributed by atoms with Gasteiger partial charge < -0.3 is 10.2 Å². The highest BCUT2D eigenvalue weighted by atomic mass is 16.3. The van der Waals surface area contributed by atoms with Crippen LogP contribution in [0.1, 0.15) is 16.2 Å². The molecule has 0 fully saturated rings. The van der Waals surface area contributed by atoms with Crippen molar-refractivity contribution in [3.05, 3.63) is 29.8 Å². The minimum Gasteiger partial charge on any atom is -0.461 e. The molecule has 0 unspecified atom stereocenters. The van der Waals surface area contributed by atoms with Gasteiger partial charge in [0, 0.05) is 6.20 Å². The summed E-state index contributed by atoms with van der Waals surface area (Å²) in [7, 11) is 0. The van der Waals surface area contributed by atoms with Crippen LogP contribution in [0.25, 0.3) is 11.0 Å². The molecule has 2 N–H and O–H groups in total. The Labute approximate surface area is 74.4 Å². The van der Waals surface area contributed by atoms with E-state index in [1.54, 1.807) is 12.1 Å². The number of hydrogen-bond donors (Lipinski definition) is 1. The normalized spacial score (nSPS) is 10.5. The lowest BCUT2D eigenvalue weighted by atomic mass is 10.2. The molecule has 0 aromatic carbocycles. The van der Waals surface area contributed by atoms with Gasteiger partial charge in [0.25, 0.3) is 5.91 Å². The molecular weight excluding hydrogens is 168 g/mol. The Balaban J connectivity index is 2.82. The molecule has 0 saturated carbocycles. The molecule has 4 nitrogen and oxygen atoms in total. The van der Waals surface area contributed by atoms with Gasteiger partial charge in [0.15, 0.2) is 0 Å². The van der Waals surface area contributed by atoms with Gasteiger partial charge in [0.2, 0.25) is 0 Å². The summed E-state index contributed by atoms with van der Waals surface area (Å²) in [6, 6.07) is 3.46. The van der Waals surface area contributed by atoms with Crippen molar-refractivity contribution in [3.8, 4) is 0 Å². The average molecular weight is 176 g/mol. The number of aryl methyl sites for hydroxylation is 1. The Kier molecular flexibility index (Phi) is 1.55. The fourth-order valence-corrected chi connectivity index (χ4v) is 1.29. The van der Waals surface area contributed by atoms with Crippen molar-refractivity contribution < 1.29 is 9.21 Å². The zero-order chi connectivity index (χ0) is 9.42. The second kappa shape index (κ2) is 2.58. The maximum absolute atomic E-state index is 10.9. The van der Waals surface area contributed by atoms with E-state index in [9.17, 15) is 4.79 Å². The summed E-state index contributed by atoms with van der Waals surface area (Å²) in [5.74, 6) is 0.205. The van der Waals surface area contributed by atoms with E-state index in [1.165, 1.54) is 6.20 Å². The lowest BCUT2D eigenvalue weighted by molar-refractivity contribution is 0.0997. The highest BCUT2D eigenvalue weighted by molar-refractivity contribution is 6.03. The molecule has 2 aromatic heterocycles. The molecule has 0 spiro atoms. The number of carbonyl (C=O) groups excluding carboxylic acids is 1. The smallest absolute Gasteiger partial charge is 0.268 e. The summed E-state index contributed by atoms with van der Waals surface area (Å²) >= 11 is 0. The topological polar surface area (TPSA) is 69.1 Å². The highest BCUT2D eigenvalue weighted by Gasteiger charge is 2.10. The number of rotatable bonds is 1. The van der Waals surface area contributed by atoms with Gasteiger partial charge in [-0.2, -0.15) is 0 Å². The number of carbonyl (C=O) groups is 1. The van der Waals surface area contributed by atoms with Crippen LogP contribution in [0.2, 0.25) is 0 Å². The van der Waals surface area contributed by atoms with Crippen molar-refractivity contribution in [2.45, 2.75) is 6.92 Å². The first-order valence-electron chi connectivity index (χ1n) is 3.83. The molecule has 2 rings (SSSR count). The van der Waals surface area contributed by atoms with Crippen molar-refractivity contribution in [1.82, 2.24) is 4.98 Å². The highest BCUT2D eigenvalue weighted by Crippen LogP contribution is 2.20. The first-order chi connectivity index (χ1) is 6.18. The van der Waals surface area contributed by atoms with Crippen LogP contribution < -0.4 is 5.73 Å². The summed E-state index contributed by atoms with van der Waals surface area (Å²) in [6.07, 6.45) is 1.51. The van der Waals surface area contributed by atoms with E-state index in [0.717, 1.165) is 5.76 Å².